The molecule has 0 aliphatic heterocycles. The van der Waals surface area contributed by atoms with Gasteiger partial charge in [-0.3, -0.25) is 0 Å². The number of hydrogen-bond donors (Lipinski definition) is 1. The smallest absolute Gasteiger partial charge is 0.00702 e. The molecule has 0 saturated heterocycles. The van der Waals surface area contributed by atoms with Crippen molar-refractivity contribution in [2.24, 2.45) is 11.8 Å². The summed E-state index contributed by atoms with van der Waals surface area (Å²) < 4.78 is 0. The molecule has 3 rings (SSSR count). The summed E-state index contributed by atoms with van der Waals surface area (Å²) in [6, 6.07) is 11.7. The van der Waals surface area contributed by atoms with Crippen molar-refractivity contribution in [3.63, 3.8) is 0 Å². The molecule has 3 unspecified atom stereocenters. The number of hydrogen-bond acceptors (Lipinski definition) is 1. The number of nitrogens with one attached hydrogen (secondary N) is 1. The average molecular weight is 285 g/mol. The third-order valence-electron chi connectivity index (χ3n) is 5.93. The van der Waals surface area contributed by atoms with Gasteiger partial charge in [0.1, 0.15) is 0 Å². The largest absolute Gasteiger partial charge is 0.313 e. The Balaban J connectivity index is 1.53. The van der Waals surface area contributed by atoms with E-state index in [9.17, 15) is 0 Å². The Morgan fingerprint density at radius 3 is 2.43 bits per heavy atom. The Hall–Kier alpha value is -0.820. The van der Waals surface area contributed by atoms with Gasteiger partial charge in [-0.2, -0.15) is 0 Å². The fraction of sp³-hybridized carbons (Fsp3) is 0.700. The molecule has 0 spiro atoms. The SMILES string of the molecule is CC(C)(CNC1CCC2CCCCC2C1)c1ccccc1. The molecule has 0 bridgehead atoms. The van der Waals surface area contributed by atoms with E-state index in [1.54, 1.807) is 0 Å². The molecule has 2 fully saturated rings. The number of rotatable bonds is 4. The fourth-order valence-corrected chi connectivity index (χ4v) is 4.45. The molecular weight excluding hydrogens is 254 g/mol. The molecule has 21 heavy (non-hydrogen) atoms. The van der Waals surface area contributed by atoms with Gasteiger partial charge in [-0.25, -0.2) is 0 Å². The maximum atomic E-state index is 3.89. The molecule has 1 aromatic rings. The molecule has 0 radical (unpaired) electrons. The topological polar surface area (TPSA) is 12.0 Å². The molecule has 2 saturated carbocycles. The molecule has 0 aromatic heterocycles. The van der Waals surface area contributed by atoms with Crippen LogP contribution in [0.1, 0.15) is 64.4 Å². The second kappa shape index (κ2) is 6.52. The van der Waals surface area contributed by atoms with Crippen molar-refractivity contribution in [1.82, 2.24) is 5.32 Å². The van der Waals surface area contributed by atoms with E-state index in [1.165, 1.54) is 50.5 Å². The predicted molar refractivity (Wildman–Crippen MR) is 90.6 cm³/mol. The van der Waals surface area contributed by atoms with Crippen LogP contribution in [0, 0.1) is 11.8 Å². The maximum absolute atomic E-state index is 3.89. The van der Waals surface area contributed by atoms with Gasteiger partial charge in [0.05, 0.1) is 0 Å². The van der Waals surface area contributed by atoms with Gasteiger partial charge in [-0.05, 0) is 36.7 Å². The highest BCUT2D eigenvalue weighted by molar-refractivity contribution is 5.23. The minimum absolute atomic E-state index is 0.227. The molecular formula is C20H31N. The lowest BCUT2D eigenvalue weighted by molar-refractivity contribution is 0.141. The summed E-state index contributed by atoms with van der Waals surface area (Å²) in [5.41, 5.74) is 1.67. The van der Waals surface area contributed by atoms with Crippen LogP contribution in [-0.2, 0) is 5.41 Å². The van der Waals surface area contributed by atoms with Gasteiger partial charge in [0.2, 0.25) is 0 Å². The van der Waals surface area contributed by atoms with Crippen molar-refractivity contribution in [3.8, 4) is 0 Å². The van der Waals surface area contributed by atoms with Crippen LogP contribution in [0.4, 0.5) is 0 Å². The highest BCUT2D eigenvalue weighted by atomic mass is 14.9. The predicted octanol–water partition coefficient (Wildman–Crippen LogP) is 4.91. The van der Waals surface area contributed by atoms with Crippen LogP contribution in [0.25, 0.3) is 0 Å². The zero-order chi connectivity index (χ0) is 14.7. The van der Waals surface area contributed by atoms with E-state index in [0.717, 1.165) is 24.4 Å². The van der Waals surface area contributed by atoms with Crippen LogP contribution in [-0.4, -0.2) is 12.6 Å². The standard InChI is InChI=1S/C20H31N/c1-20(2,18-10-4-3-5-11-18)15-21-19-13-12-16-8-6-7-9-17(16)14-19/h3-5,10-11,16-17,19,21H,6-9,12-15H2,1-2H3. The van der Waals surface area contributed by atoms with Crippen molar-refractivity contribution in [2.75, 3.05) is 6.54 Å². The lowest BCUT2D eigenvalue weighted by Crippen LogP contribution is -2.43. The summed E-state index contributed by atoms with van der Waals surface area (Å²) in [6.45, 7) is 5.82. The van der Waals surface area contributed by atoms with Crippen molar-refractivity contribution in [3.05, 3.63) is 35.9 Å². The normalized spacial score (nSPS) is 29.9. The Morgan fingerprint density at radius 2 is 1.67 bits per heavy atom. The first kappa shape index (κ1) is 15.1. The van der Waals surface area contributed by atoms with Gasteiger partial charge in [-0.15, -0.1) is 0 Å². The van der Waals surface area contributed by atoms with Crippen LogP contribution in [0.3, 0.4) is 0 Å². The Labute approximate surface area is 130 Å². The third kappa shape index (κ3) is 3.69. The van der Waals surface area contributed by atoms with Gasteiger partial charge in [-0.1, -0.05) is 69.9 Å². The second-order valence-electron chi connectivity index (χ2n) is 7.95. The first-order chi connectivity index (χ1) is 10.1. The van der Waals surface area contributed by atoms with Crippen molar-refractivity contribution in [1.29, 1.82) is 0 Å². The monoisotopic (exact) mass is 285 g/mol. The van der Waals surface area contributed by atoms with E-state index in [0.29, 0.717) is 0 Å². The highest BCUT2D eigenvalue weighted by Gasteiger charge is 2.32. The molecule has 1 N–H and O–H groups in total. The molecule has 116 valence electrons. The van der Waals surface area contributed by atoms with E-state index in [2.05, 4.69) is 49.5 Å². The highest BCUT2D eigenvalue weighted by Crippen LogP contribution is 2.40. The van der Waals surface area contributed by atoms with Crippen molar-refractivity contribution < 1.29 is 0 Å². The minimum atomic E-state index is 0.227. The van der Waals surface area contributed by atoms with Gasteiger partial charge < -0.3 is 5.32 Å². The van der Waals surface area contributed by atoms with Crippen molar-refractivity contribution >= 4 is 0 Å². The first-order valence-corrected chi connectivity index (χ1v) is 8.94. The van der Waals surface area contributed by atoms with E-state index >= 15 is 0 Å². The summed E-state index contributed by atoms with van der Waals surface area (Å²) in [7, 11) is 0. The Bertz CT molecular complexity index is 436. The van der Waals surface area contributed by atoms with Crippen LogP contribution >= 0.6 is 0 Å². The Kier molecular flexibility index (Phi) is 4.69. The molecule has 1 aromatic carbocycles. The summed E-state index contributed by atoms with van der Waals surface area (Å²) in [5.74, 6) is 2.07. The lowest BCUT2D eigenvalue weighted by Gasteiger charge is -2.40. The van der Waals surface area contributed by atoms with Crippen LogP contribution in [0.2, 0.25) is 0 Å². The van der Waals surface area contributed by atoms with Gasteiger partial charge >= 0.3 is 0 Å². The number of fused-ring (bicyclic) bond motifs is 1. The van der Waals surface area contributed by atoms with Gasteiger partial charge in [0.25, 0.3) is 0 Å². The summed E-state index contributed by atoms with van der Waals surface area (Å²) in [4.78, 5) is 0. The van der Waals surface area contributed by atoms with E-state index in [-0.39, 0.29) is 5.41 Å². The van der Waals surface area contributed by atoms with Crippen LogP contribution < -0.4 is 5.32 Å². The molecule has 2 aliphatic rings. The summed E-state index contributed by atoms with van der Waals surface area (Å²) in [6.07, 6.45) is 10.2. The fourth-order valence-electron chi connectivity index (χ4n) is 4.45. The molecule has 1 nitrogen and oxygen atoms in total. The van der Waals surface area contributed by atoms with E-state index in [4.69, 9.17) is 0 Å². The van der Waals surface area contributed by atoms with Crippen LogP contribution in [0.15, 0.2) is 30.3 Å². The molecule has 3 atom stereocenters. The molecule has 1 heteroatoms. The van der Waals surface area contributed by atoms with Crippen LogP contribution in [0.5, 0.6) is 0 Å². The second-order valence-corrected chi connectivity index (χ2v) is 7.95. The summed E-state index contributed by atoms with van der Waals surface area (Å²) in [5, 5.41) is 3.89. The molecule has 0 amide bonds. The minimum Gasteiger partial charge on any atom is -0.313 e. The quantitative estimate of drug-likeness (QED) is 0.828. The zero-order valence-electron chi connectivity index (χ0n) is 13.8. The summed E-state index contributed by atoms with van der Waals surface area (Å²) >= 11 is 0. The first-order valence-electron chi connectivity index (χ1n) is 8.94. The average Bonchev–Trinajstić information content (AvgIpc) is 2.54. The van der Waals surface area contributed by atoms with Crippen molar-refractivity contribution in [2.45, 2.75) is 70.3 Å². The maximum Gasteiger partial charge on any atom is 0.00702 e. The van der Waals surface area contributed by atoms with Gasteiger partial charge in [0, 0.05) is 18.0 Å². The lowest BCUT2D eigenvalue weighted by atomic mass is 9.69. The molecule has 2 aliphatic carbocycles. The third-order valence-corrected chi connectivity index (χ3v) is 5.93. The van der Waals surface area contributed by atoms with E-state index in [1.807, 2.05) is 0 Å². The zero-order valence-corrected chi connectivity index (χ0v) is 13.8. The molecule has 0 heterocycles. The van der Waals surface area contributed by atoms with E-state index < -0.39 is 0 Å². The Morgan fingerprint density at radius 1 is 0.952 bits per heavy atom. The number of benzene rings is 1. The van der Waals surface area contributed by atoms with Gasteiger partial charge in [0.15, 0.2) is 0 Å².